The Morgan fingerprint density at radius 2 is 2.04 bits per heavy atom. The fourth-order valence-electron chi connectivity index (χ4n) is 2.66. The van der Waals surface area contributed by atoms with Crippen LogP contribution in [0.4, 0.5) is 5.69 Å². The maximum Gasteiger partial charge on any atom is 0.261 e. The van der Waals surface area contributed by atoms with Crippen molar-refractivity contribution in [1.29, 1.82) is 0 Å². The van der Waals surface area contributed by atoms with Gasteiger partial charge in [0.15, 0.2) is 9.84 Å². The number of aryl methyl sites for hydroxylation is 1. The molecule has 0 saturated carbocycles. The Kier molecular flexibility index (Phi) is 5.69. The Bertz CT molecular complexity index is 1090. The molecule has 6 nitrogen and oxygen atoms in total. The van der Waals surface area contributed by atoms with Gasteiger partial charge < -0.3 is 9.84 Å². The molecule has 0 fully saturated rings. The number of thiophene rings is 1. The van der Waals surface area contributed by atoms with Gasteiger partial charge in [-0.1, -0.05) is 41.9 Å². The number of hydrogen-bond acceptors (Lipinski definition) is 6. The largest absolute Gasteiger partial charge is 0.360 e. The zero-order valence-electron chi connectivity index (χ0n) is 14.7. The van der Waals surface area contributed by atoms with Crippen LogP contribution in [-0.4, -0.2) is 25.2 Å². The maximum atomic E-state index is 12.9. The summed E-state index contributed by atoms with van der Waals surface area (Å²) in [6, 6.07) is 6.98. The molecule has 3 rings (SSSR count). The highest BCUT2D eigenvalue weighted by molar-refractivity contribution is 7.91. The van der Waals surface area contributed by atoms with Crippen LogP contribution in [0.15, 0.2) is 44.4 Å². The molecule has 3 aromatic rings. The number of nitrogens with zero attached hydrogens (tertiary/aromatic N) is 1. The average molecular weight is 425 g/mol. The van der Waals surface area contributed by atoms with Gasteiger partial charge in [-0.3, -0.25) is 4.79 Å². The topological polar surface area (TPSA) is 89.3 Å². The number of benzene rings is 1. The maximum absolute atomic E-state index is 12.9. The molecule has 142 valence electrons. The molecule has 0 unspecified atom stereocenters. The first-order chi connectivity index (χ1) is 12.8. The summed E-state index contributed by atoms with van der Waals surface area (Å²) in [4.78, 5) is 13.0. The Balaban J connectivity index is 1.97. The summed E-state index contributed by atoms with van der Waals surface area (Å²) in [5, 5.41) is 10.2. The van der Waals surface area contributed by atoms with Crippen molar-refractivity contribution in [1.82, 2.24) is 5.16 Å². The molecular weight excluding hydrogens is 408 g/mol. The molecule has 1 N–H and O–H groups in total. The Morgan fingerprint density at radius 1 is 1.30 bits per heavy atom. The minimum absolute atomic E-state index is 0.0176. The van der Waals surface area contributed by atoms with Crippen molar-refractivity contribution >= 4 is 44.4 Å². The van der Waals surface area contributed by atoms with E-state index in [1.807, 2.05) is 0 Å². The lowest BCUT2D eigenvalue weighted by molar-refractivity contribution is 0.102. The fourth-order valence-corrected chi connectivity index (χ4v) is 5.55. The smallest absolute Gasteiger partial charge is 0.261 e. The van der Waals surface area contributed by atoms with Crippen molar-refractivity contribution in [2.24, 2.45) is 0 Å². The van der Waals surface area contributed by atoms with E-state index in [1.165, 1.54) is 16.7 Å². The number of anilines is 1. The highest BCUT2D eigenvalue weighted by Crippen LogP contribution is 2.33. The van der Waals surface area contributed by atoms with E-state index in [0.717, 1.165) is 0 Å². The first-order valence-corrected chi connectivity index (χ1v) is 11.1. The summed E-state index contributed by atoms with van der Waals surface area (Å²) in [6.07, 6.45) is 0.493. The van der Waals surface area contributed by atoms with Crippen molar-refractivity contribution < 1.29 is 17.7 Å². The van der Waals surface area contributed by atoms with Gasteiger partial charge in [0, 0.05) is 16.3 Å². The average Bonchev–Trinajstić information content (AvgIpc) is 3.22. The van der Waals surface area contributed by atoms with Crippen LogP contribution in [0, 0.1) is 6.92 Å². The molecule has 1 amide bonds. The molecule has 0 radical (unpaired) electrons. The first-order valence-electron chi connectivity index (χ1n) is 8.16. The molecule has 1 aromatic carbocycles. The predicted octanol–water partition coefficient (Wildman–Crippen LogP) is 4.80. The molecule has 0 bridgehead atoms. The molecular formula is C18H17ClN2O4S2. The van der Waals surface area contributed by atoms with Crippen molar-refractivity contribution in [3.63, 3.8) is 0 Å². The second kappa shape index (κ2) is 7.84. The number of aromatic nitrogens is 1. The van der Waals surface area contributed by atoms with Crippen LogP contribution in [0.1, 0.15) is 29.5 Å². The van der Waals surface area contributed by atoms with Crippen LogP contribution in [0.25, 0.3) is 11.3 Å². The molecule has 0 aliphatic rings. The Morgan fingerprint density at radius 3 is 2.74 bits per heavy atom. The number of nitrogens with one attached hydrogen (secondary N) is 1. The molecule has 0 atom stereocenters. The lowest BCUT2D eigenvalue weighted by Gasteiger charge is -2.08. The van der Waals surface area contributed by atoms with Gasteiger partial charge in [-0.15, -0.1) is 11.3 Å². The van der Waals surface area contributed by atoms with Gasteiger partial charge in [-0.2, -0.15) is 0 Å². The van der Waals surface area contributed by atoms with Gasteiger partial charge in [0.05, 0.1) is 16.5 Å². The van der Waals surface area contributed by atoms with E-state index >= 15 is 0 Å². The zero-order chi connectivity index (χ0) is 19.6. The summed E-state index contributed by atoms with van der Waals surface area (Å²) in [7, 11) is -3.46. The number of sulfone groups is 1. The van der Waals surface area contributed by atoms with E-state index in [2.05, 4.69) is 10.5 Å². The monoisotopic (exact) mass is 424 g/mol. The third kappa shape index (κ3) is 3.92. The van der Waals surface area contributed by atoms with Gasteiger partial charge in [-0.05, 0) is 19.4 Å². The molecule has 2 aromatic heterocycles. The molecule has 2 heterocycles. The SMILES string of the molecule is CCCS(=O)(=O)c1cscc1NC(=O)c1c(-c2ccccc2Cl)noc1C. The lowest BCUT2D eigenvalue weighted by atomic mass is 10.1. The van der Waals surface area contributed by atoms with Crippen LogP contribution in [0.5, 0.6) is 0 Å². The van der Waals surface area contributed by atoms with Gasteiger partial charge in [0.25, 0.3) is 5.91 Å². The van der Waals surface area contributed by atoms with Crippen molar-refractivity contribution in [2.75, 3.05) is 11.1 Å². The molecule has 0 aliphatic heterocycles. The van der Waals surface area contributed by atoms with Crippen LogP contribution < -0.4 is 5.32 Å². The number of halogens is 1. The highest BCUT2D eigenvalue weighted by atomic mass is 35.5. The summed E-state index contributed by atoms with van der Waals surface area (Å²) in [5.74, 6) is -0.172. The molecule has 0 saturated heterocycles. The fraction of sp³-hybridized carbons (Fsp3) is 0.222. The van der Waals surface area contributed by atoms with Gasteiger partial charge in [-0.25, -0.2) is 8.42 Å². The van der Waals surface area contributed by atoms with Crippen LogP contribution in [0.2, 0.25) is 5.02 Å². The molecule has 9 heteroatoms. The van der Waals surface area contributed by atoms with E-state index in [0.29, 0.717) is 28.5 Å². The minimum atomic E-state index is -3.46. The normalized spacial score (nSPS) is 11.5. The third-order valence-electron chi connectivity index (χ3n) is 3.90. The summed E-state index contributed by atoms with van der Waals surface area (Å²) in [6.45, 7) is 3.41. The Hall–Kier alpha value is -2.16. The van der Waals surface area contributed by atoms with Crippen LogP contribution >= 0.6 is 22.9 Å². The van der Waals surface area contributed by atoms with E-state index < -0.39 is 15.7 Å². The summed E-state index contributed by atoms with van der Waals surface area (Å²) >= 11 is 7.43. The second-order valence-electron chi connectivity index (χ2n) is 5.86. The number of amides is 1. The highest BCUT2D eigenvalue weighted by Gasteiger charge is 2.26. The third-order valence-corrected chi connectivity index (χ3v) is 7.08. The van der Waals surface area contributed by atoms with E-state index in [9.17, 15) is 13.2 Å². The van der Waals surface area contributed by atoms with Crippen molar-refractivity contribution in [3.8, 4) is 11.3 Å². The Labute approximate surface area is 166 Å². The number of carbonyl (C=O) groups excluding carboxylic acids is 1. The van der Waals surface area contributed by atoms with Gasteiger partial charge in [0.2, 0.25) is 0 Å². The standard InChI is InChI=1S/C18H17ClN2O4S2/c1-3-8-27(23,24)15-10-26-9-14(15)20-18(22)16-11(2)25-21-17(16)12-6-4-5-7-13(12)19/h4-7,9-10H,3,8H2,1-2H3,(H,20,22). The van der Waals surface area contributed by atoms with Gasteiger partial charge in [0.1, 0.15) is 21.9 Å². The van der Waals surface area contributed by atoms with E-state index in [4.69, 9.17) is 16.1 Å². The van der Waals surface area contributed by atoms with Crippen LogP contribution in [-0.2, 0) is 9.84 Å². The minimum Gasteiger partial charge on any atom is -0.360 e. The quantitative estimate of drug-likeness (QED) is 0.613. The van der Waals surface area contributed by atoms with Gasteiger partial charge >= 0.3 is 0 Å². The zero-order valence-corrected chi connectivity index (χ0v) is 17.0. The van der Waals surface area contributed by atoms with E-state index in [1.54, 1.807) is 43.5 Å². The van der Waals surface area contributed by atoms with Crippen molar-refractivity contribution in [3.05, 3.63) is 51.4 Å². The number of rotatable bonds is 6. The summed E-state index contributed by atoms with van der Waals surface area (Å²) < 4.78 is 30.0. The van der Waals surface area contributed by atoms with Crippen molar-refractivity contribution in [2.45, 2.75) is 25.2 Å². The molecule has 0 aliphatic carbocycles. The molecule has 27 heavy (non-hydrogen) atoms. The lowest BCUT2D eigenvalue weighted by Crippen LogP contribution is -2.16. The summed E-state index contributed by atoms with van der Waals surface area (Å²) in [5.41, 5.74) is 1.34. The first kappa shape index (κ1) is 19.6. The molecule has 0 spiro atoms. The second-order valence-corrected chi connectivity index (χ2v) is 9.09. The van der Waals surface area contributed by atoms with E-state index in [-0.39, 0.29) is 21.9 Å². The predicted molar refractivity (Wildman–Crippen MR) is 106 cm³/mol. The number of carbonyl (C=O) groups is 1. The number of hydrogen-bond donors (Lipinski definition) is 1. The van der Waals surface area contributed by atoms with Crippen LogP contribution in [0.3, 0.4) is 0 Å².